The van der Waals surface area contributed by atoms with Crippen LogP contribution in [0.25, 0.3) is 0 Å². The van der Waals surface area contributed by atoms with Crippen LogP contribution in [0.5, 0.6) is 0 Å². The van der Waals surface area contributed by atoms with Crippen molar-refractivity contribution in [2.45, 2.75) is 63.8 Å². The molecule has 1 heterocycles. The Morgan fingerprint density at radius 3 is 2.27 bits per heavy atom. The third-order valence-electron chi connectivity index (χ3n) is 4.45. The van der Waals surface area contributed by atoms with E-state index in [1.165, 1.54) is 43.4 Å². The highest BCUT2D eigenvalue weighted by Gasteiger charge is 2.28. The van der Waals surface area contributed by atoms with E-state index in [2.05, 4.69) is 10.6 Å². The quantitative estimate of drug-likeness (QED) is 0.417. The van der Waals surface area contributed by atoms with Crippen molar-refractivity contribution < 1.29 is 14.4 Å². The molecule has 0 aromatic carbocycles. The zero-order valence-electron chi connectivity index (χ0n) is 13.2. The number of hydrogen-bond donors (Lipinski definition) is 2. The van der Waals surface area contributed by atoms with Crippen LogP contribution in [-0.2, 0) is 14.4 Å². The van der Waals surface area contributed by atoms with Gasteiger partial charge in [-0.05, 0) is 12.8 Å². The number of nitrogens with zero attached hydrogens (tertiary/aromatic N) is 1. The van der Waals surface area contributed by atoms with E-state index in [0.717, 1.165) is 6.54 Å². The Balaban J connectivity index is 1.54. The maximum Gasteiger partial charge on any atom is 0.229 e. The van der Waals surface area contributed by atoms with Crippen LogP contribution in [0.15, 0.2) is 0 Å². The molecule has 2 aliphatic rings. The second-order valence-corrected chi connectivity index (χ2v) is 6.18. The number of amides is 3. The van der Waals surface area contributed by atoms with Gasteiger partial charge in [0.15, 0.2) is 0 Å². The molecule has 0 unspecified atom stereocenters. The molecule has 1 saturated heterocycles. The van der Waals surface area contributed by atoms with E-state index in [9.17, 15) is 14.4 Å². The van der Waals surface area contributed by atoms with Gasteiger partial charge in [-0.1, -0.05) is 25.7 Å². The van der Waals surface area contributed by atoms with Gasteiger partial charge in [-0.3, -0.25) is 19.3 Å². The summed E-state index contributed by atoms with van der Waals surface area (Å²) in [7, 11) is 0. The fraction of sp³-hybridized carbons (Fsp3) is 0.812. The molecular weight excluding hydrogens is 282 g/mol. The summed E-state index contributed by atoms with van der Waals surface area (Å²) in [5, 5.41) is 6.34. The van der Waals surface area contributed by atoms with Crippen molar-refractivity contribution in [3.63, 3.8) is 0 Å². The molecule has 2 N–H and O–H groups in total. The first kappa shape index (κ1) is 16.9. The first-order valence-corrected chi connectivity index (χ1v) is 8.50. The molecule has 22 heavy (non-hydrogen) atoms. The number of imide groups is 1. The van der Waals surface area contributed by atoms with Crippen molar-refractivity contribution in [1.82, 2.24) is 15.5 Å². The highest BCUT2D eigenvalue weighted by molar-refractivity contribution is 6.02. The minimum atomic E-state index is -0.159. The maximum atomic E-state index is 11.7. The van der Waals surface area contributed by atoms with Gasteiger partial charge in [0.05, 0.1) is 0 Å². The highest BCUT2D eigenvalue weighted by Crippen LogP contribution is 2.16. The average Bonchev–Trinajstić information content (AvgIpc) is 2.71. The van der Waals surface area contributed by atoms with Gasteiger partial charge in [-0.2, -0.15) is 0 Å². The summed E-state index contributed by atoms with van der Waals surface area (Å²) in [5.41, 5.74) is 0. The van der Waals surface area contributed by atoms with E-state index >= 15 is 0 Å². The van der Waals surface area contributed by atoms with E-state index in [1.54, 1.807) is 0 Å². The summed E-state index contributed by atoms with van der Waals surface area (Å²) in [6, 6.07) is 0.583. The molecule has 6 heteroatoms. The first-order chi connectivity index (χ1) is 10.7. The summed E-state index contributed by atoms with van der Waals surface area (Å²) in [5.74, 6) is -0.421. The van der Waals surface area contributed by atoms with E-state index in [4.69, 9.17) is 0 Å². The maximum absolute atomic E-state index is 11.7. The largest absolute Gasteiger partial charge is 0.355 e. The normalized spacial score (nSPS) is 20.3. The fourth-order valence-electron chi connectivity index (χ4n) is 3.14. The molecule has 1 aliphatic carbocycles. The van der Waals surface area contributed by atoms with Crippen LogP contribution in [0, 0.1) is 0 Å². The molecule has 6 nitrogen and oxygen atoms in total. The molecule has 0 radical (unpaired) electrons. The number of likely N-dealkylation sites (tertiary alicyclic amines) is 1. The van der Waals surface area contributed by atoms with Gasteiger partial charge < -0.3 is 10.6 Å². The van der Waals surface area contributed by atoms with Gasteiger partial charge in [-0.15, -0.1) is 0 Å². The summed E-state index contributed by atoms with van der Waals surface area (Å²) in [6.07, 6.45) is 8.48. The van der Waals surface area contributed by atoms with Crippen LogP contribution in [0.3, 0.4) is 0 Å². The van der Waals surface area contributed by atoms with Crippen molar-refractivity contribution in [3.8, 4) is 0 Å². The van der Waals surface area contributed by atoms with Crippen LogP contribution in [0.2, 0.25) is 0 Å². The number of carbonyl (C=O) groups is 3. The van der Waals surface area contributed by atoms with Crippen LogP contribution in [-0.4, -0.2) is 48.3 Å². The standard InChI is InChI=1S/C16H27N3O3/c20-14(9-12-19-15(21)7-8-16(19)22)18-11-10-17-13-5-3-1-2-4-6-13/h13,17H,1-12H2,(H,18,20). The Kier molecular flexibility index (Phi) is 6.83. The first-order valence-electron chi connectivity index (χ1n) is 8.50. The second-order valence-electron chi connectivity index (χ2n) is 6.18. The summed E-state index contributed by atoms with van der Waals surface area (Å²) in [6.45, 7) is 1.58. The highest BCUT2D eigenvalue weighted by atomic mass is 16.2. The van der Waals surface area contributed by atoms with Crippen molar-refractivity contribution in [1.29, 1.82) is 0 Å². The topological polar surface area (TPSA) is 78.5 Å². The molecule has 3 amide bonds. The fourth-order valence-corrected chi connectivity index (χ4v) is 3.14. The molecule has 0 spiro atoms. The van der Waals surface area contributed by atoms with Crippen molar-refractivity contribution >= 4 is 17.7 Å². The molecule has 2 rings (SSSR count). The molecule has 0 atom stereocenters. The van der Waals surface area contributed by atoms with Gasteiger partial charge >= 0.3 is 0 Å². The van der Waals surface area contributed by atoms with E-state index in [-0.39, 0.29) is 43.5 Å². The van der Waals surface area contributed by atoms with Crippen LogP contribution in [0.1, 0.15) is 57.8 Å². The average molecular weight is 309 g/mol. The molecule has 0 aromatic rings. The molecule has 0 aromatic heterocycles. The lowest BCUT2D eigenvalue weighted by molar-refractivity contribution is -0.138. The van der Waals surface area contributed by atoms with Crippen molar-refractivity contribution in [2.24, 2.45) is 0 Å². The summed E-state index contributed by atoms with van der Waals surface area (Å²) < 4.78 is 0. The Labute approximate surface area is 132 Å². The minimum Gasteiger partial charge on any atom is -0.355 e. The SMILES string of the molecule is O=C(CCN1C(=O)CCC1=O)NCCNC1CCCCCC1. The van der Waals surface area contributed by atoms with Crippen molar-refractivity contribution in [2.75, 3.05) is 19.6 Å². The van der Waals surface area contributed by atoms with Crippen LogP contribution < -0.4 is 10.6 Å². The summed E-state index contributed by atoms with van der Waals surface area (Å²) in [4.78, 5) is 35.8. The van der Waals surface area contributed by atoms with E-state index < -0.39 is 0 Å². The minimum absolute atomic E-state index is 0.102. The Bertz CT molecular complexity index is 387. The predicted octanol–water partition coefficient (Wildman–Crippen LogP) is 0.954. The number of hydrogen-bond acceptors (Lipinski definition) is 4. The third-order valence-corrected chi connectivity index (χ3v) is 4.45. The Morgan fingerprint density at radius 2 is 1.64 bits per heavy atom. The molecule has 124 valence electrons. The van der Waals surface area contributed by atoms with Crippen LogP contribution >= 0.6 is 0 Å². The lowest BCUT2D eigenvalue weighted by atomic mass is 10.1. The zero-order valence-corrected chi connectivity index (χ0v) is 13.2. The van der Waals surface area contributed by atoms with Crippen molar-refractivity contribution in [3.05, 3.63) is 0 Å². The Hall–Kier alpha value is -1.43. The zero-order chi connectivity index (χ0) is 15.8. The number of nitrogens with one attached hydrogen (secondary N) is 2. The molecule has 2 fully saturated rings. The van der Waals surface area contributed by atoms with E-state index in [0.29, 0.717) is 12.6 Å². The third kappa shape index (κ3) is 5.40. The van der Waals surface area contributed by atoms with Gasteiger partial charge in [0.2, 0.25) is 17.7 Å². The smallest absolute Gasteiger partial charge is 0.229 e. The monoisotopic (exact) mass is 309 g/mol. The van der Waals surface area contributed by atoms with E-state index in [1.807, 2.05) is 0 Å². The van der Waals surface area contributed by atoms with Gasteiger partial charge in [0, 0.05) is 44.9 Å². The molecule has 1 saturated carbocycles. The molecular formula is C16H27N3O3. The van der Waals surface area contributed by atoms with Gasteiger partial charge in [0.1, 0.15) is 0 Å². The molecule has 0 bridgehead atoms. The number of rotatable bonds is 7. The second kappa shape index (κ2) is 8.88. The summed E-state index contributed by atoms with van der Waals surface area (Å²) >= 11 is 0. The lowest BCUT2D eigenvalue weighted by Crippen LogP contribution is -2.38. The Morgan fingerprint density at radius 1 is 1.00 bits per heavy atom. The van der Waals surface area contributed by atoms with Gasteiger partial charge in [0.25, 0.3) is 0 Å². The molecule has 1 aliphatic heterocycles. The predicted molar refractivity (Wildman–Crippen MR) is 83.1 cm³/mol. The van der Waals surface area contributed by atoms with Gasteiger partial charge in [-0.25, -0.2) is 0 Å². The van der Waals surface area contributed by atoms with Crippen LogP contribution in [0.4, 0.5) is 0 Å². The number of carbonyl (C=O) groups excluding carboxylic acids is 3. The lowest BCUT2D eigenvalue weighted by Gasteiger charge is -2.17.